The second-order valence-electron chi connectivity index (χ2n) is 6.51. The average Bonchev–Trinajstić information content (AvgIpc) is 3.14. The molecule has 1 aromatic rings. The van der Waals surface area contributed by atoms with Crippen LogP contribution in [0.2, 0.25) is 0 Å². The molecule has 2 fully saturated rings. The number of pyridine rings is 1. The van der Waals surface area contributed by atoms with Crippen LogP contribution >= 0.6 is 0 Å². The number of aromatic nitrogens is 1. The molecule has 2 atom stereocenters. The molecule has 6 nitrogen and oxygen atoms in total. The Kier molecular flexibility index (Phi) is 5.40. The van der Waals surface area contributed by atoms with Crippen LogP contribution in [0, 0.1) is 11.7 Å². The third-order valence-electron chi connectivity index (χ3n) is 4.75. The van der Waals surface area contributed by atoms with Gasteiger partial charge in [-0.05, 0) is 44.2 Å². The highest BCUT2D eigenvalue weighted by atomic mass is 19.1. The molecule has 2 N–H and O–H groups in total. The number of piperidine rings is 1. The van der Waals surface area contributed by atoms with Crippen LogP contribution in [0.1, 0.15) is 36.0 Å². The summed E-state index contributed by atoms with van der Waals surface area (Å²) in [6.07, 6.45) is 6.21. The van der Waals surface area contributed by atoms with Gasteiger partial charge in [0, 0.05) is 25.8 Å². The van der Waals surface area contributed by atoms with Gasteiger partial charge in [-0.1, -0.05) is 0 Å². The van der Waals surface area contributed by atoms with Crippen LogP contribution in [0.3, 0.4) is 0 Å². The number of rotatable bonds is 4. The molecule has 2 aliphatic heterocycles. The van der Waals surface area contributed by atoms with Crippen molar-refractivity contribution in [3.8, 4) is 0 Å². The monoisotopic (exact) mass is 334 g/mol. The first-order chi connectivity index (χ1) is 11.6. The van der Waals surface area contributed by atoms with Gasteiger partial charge in [-0.3, -0.25) is 14.6 Å². The number of amides is 2. The van der Waals surface area contributed by atoms with E-state index >= 15 is 0 Å². The van der Waals surface area contributed by atoms with Gasteiger partial charge in [-0.25, -0.2) is 4.39 Å². The van der Waals surface area contributed by atoms with E-state index in [0.717, 1.165) is 38.4 Å². The SMILES string of the molecule is O=C(NCC1CCCN(C(=O)c2ccncc2F)C1)C1CCCN1. The zero-order valence-electron chi connectivity index (χ0n) is 13.6. The quantitative estimate of drug-likeness (QED) is 0.859. The molecule has 0 aromatic carbocycles. The van der Waals surface area contributed by atoms with Crippen LogP contribution in [0.4, 0.5) is 4.39 Å². The largest absolute Gasteiger partial charge is 0.354 e. The van der Waals surface area contributed by atoms with E-state index in [1.54, 1.807) is 4.90 Å². The smallest absolute Gasteiger partial charge is 0.256 e. The van der Waals surface area contributed by atoms with E-state index in [9.17, 15) is 14.0 Å². The Hall–Kier alpha value is -2.02. The Morgan fingerprint density at radius 1 is 1.38 bits per heavy atom. The Balaban J connectivity index is 1.53. The fraction of sp³-hybridized carbons (Fsp3) is 0.588. The van der Waals surface area contributed by atoms with Gasteiger partial charge in [0.1, 0.15) is 0 Å². The topological polar surface area (TPSA) is 74.3 Å². The molecular formula is C17H23FN4O2. The molecule has 2 saturated heterocycles. The van der Waals surface area contributed by atoms with Gasteiger partial charge in [0.05, 0.1) is 17.8 Å². The molecule has 0 radical (unpaired) electrons. The van der Waals surface area contributed by atoms with E-state index in [-0.39, 0.29) is 29.3 Å². The van der Waals surface area contributed by atoms with Crippen LogP contribution in [0.5, 0.6) is 0 Å². The van der Waals surface area contributed by atoms with Gasteiger partial charge in [0.15, 0.2) is 5.82 Å². The molecule has 3 heterocycles. The summed E-state index contributed by atoms with van der Waals surface area (Å²) in [5.74, 6) is -0.650. The summed E-state index contributed by atoms with van der Waals surface area (Å²) in [7, 11) is 0. The number of likely N-dealkylation sites (tertiary alicyclic amines) is 1. The summed E-state index contributed by atoms with van der Waals surface area (Å²) in [4.78, 5) is 29.9. The molecule has 0 spiro atoms. The van der Waals surface area contributed by atoms with Crippen molar-refractivity contribution in [2.75, 3.05) is 26.2 Å². The van der Waals surface area contributed by atoms with Crippen molar-refractivity contribution in [1.82, 2.24) is 20.5 Å². The van der Waals surface area contributed by atoms with E-state index < -0.39 is 5.82 Å². The maximum Gasteiger partial charge on any atom is 0.256 e. The van der Waals surface area contributed by atoms with E-state index in [1.807, 2.05) is 0 Å². The van der Waals surface area contributed by atoms with Crippen molar-refractivity contribution in [3.05, 3.63) is 29.8 Å². The van der Waals surface area contributed by atoms with Gasteiger partial charge in [0.25, 0.3) is 5.91 Å². The molecule has 0 bridgehead atoms. The van der Waals surface area contributed by atoms with E-state index in [0.29, 0.717) is 19.6 Å². The summed E-state index contributed by atoms with van der Waals surface area (Å²) in [5.41, 5.74) is 0.0600. The summed E-state index contributed by atoms with van der Waals surface area (Å²) in [5, 5.41) is 6.16. The lowest BCUT2D eigenvalue weighted by Gasteiger charge is -2.33. The van der Waals surface area contributed by atoms with Crippen molar-refractivity contribution < 1.29 is 14.0 Å². The number of carbonyl (C=O) groups is 2. The molecule has 1 aromatic heterocycles. The molecule has 130 valence electrons. The number of carbonyl (C=O) groups excluding carboxylic acids is 2. The molecule has 3 rings (SSSR count). The van der Waals surface area contributed by atoms with Crippen molar-refractivity contribution in [2.45, 2.75) is 31.7 Å². The van der Waals surface area contributed by atoms with E-state index in [2.05, 4.69) is 15.6 Å². The normalized spacial score (nSPS) is 24.0. The van der Waals surface area contributed by atoms with Crippen LogP contribution in [-0.2, 0) is 4.79 Å². The fourth-order valence-corrected chi connectivity index (χ4v) is 3.41. The summed E-state index contributed by atoms with van der Waals surface area (Å²) in [6, 6.07) is 1.33. The number of nitrogens with zero attached hydrogens (tertiary/aromatic N) is 2. The Labute approximate surface area is 140 Å². The van der Waals surface area contributed by atoms with Gasteiger partial charge in [0.2, 0.25) is 5.91 Å². The van der Waals surface area contributed by atoms with Gasteiger partial charge in [-0.2, -0.15) is 0 Å². The van der Waals surface area contributed by atoms with Crippen LogP contribution in [0.15, 0.2) is 18.5 Å². The predicted octanol–water partition coefficient (Wildman–Crippen LogP) is 0.941. The minimum absolute atomic E-state index is 0.0381. The van der Waals surface area contributed by atoms with E-state index in [1.165, 1.54) is 12.3 Å². The lowest BCUT2D eigenvalue weighted by molar-refractivity contribution is -0.123. The molecular weight excluding hydrogens is 311 g/mol. The molecule has 2 aliphatic rings. The maximum absolute atomic E-state index is 13.7. The molecule has 2 amide bonds. The predicted molar refractivity (Wildman–Crippen MR) is 86.9 cm³/mol. The van der Waals surface area contributed by atoms with Crippen LogP contribution in [-0.4, -0.2) is 53.9 Å². The molecule has 0 aliphatic carbocycles. The number of halogens is 1. The highest BCUT2D eigenvalue weighted by molar-refractivity contribution is 5.94. The summed E-state index contributed by atoms with van der Waals surface area (Å²) >= 11 is 0. The first-order valence-corrected chi connectivity index (χ1v) is 8.55. The fourth-order valence-electron chi connectivity index (χ4n) is 3.41. The highest BCUT2D eigenvalue weighted by Crippen LogP contribution is 2.19. The standard InChI is InChI=1S/C17H23FN4O2/c18-14-10-19-7-5-13(14)17(24)22-8-2-3-12(11-22)9-21-16(23)15-4-1-6-20-15/h5,7,10,12,15,20H,1-4,6,8-9,11H2,(H,21,23). The van der Waals surface area contributed by atoms with Crippen LogP contribution < -0.4 is 10.6 Å². The minimum atomic E-state index is -0.592. The zero-order valence-corrected chi connectivity index (χ0v) is 13.6. The van der Waals surface area contributed by atoms with Crippen molar-refractivity contribution in [2.24, 2.45) is 5.92 Å². The third kappa shape index (κ3) is 3.90. The summed E-state index contributed by atoms with van der Waals surface area (Å²) < 4.78 is 13.7. The van der Waals surface area contributed by atoms with Crippen molar-refractivity contribution in [1.29, 1.82) is 0 Å². The number of hydrogen-bond donors (Lipinski definition) is 2. The Morgan fingerprint density at radius 3 is 3.00 bits per heavy atom. The maximum atomic E-state index is 13.7. The molecule has 0 saturated carbocycles. The van der Waals surface area contributed by atoms with Gasteiger partial charge < -0.3 is 15.5 Å². The van der Waals surface area contributed by atoms with Crippen LogP contribution in [0.25, 0.3) is 0 Å². The van der Waals surface area contributed by atoms with E-state index in [4.69, 9.17) is 0 Å². The van der Waals surface area contributed by atoms with Crippen molar-refractivity contribution in [3.63, 3.8) is 0 Å². The lowest BCUT2D eigenvalue weighted by atomic mass is 9.97. The highest BCUT2D eigenvalue weighted by Gasteiger charge is 2.27. The molecule has 2 unspecified atom stereocenters. The van der Waals surface area contributed by atoms with Gasteiger partial charge >= 0.3 is 0 Å². The first kappa shape index (κ1) is 16.8. The summed E-state index contributed by atoms with van der Waals surface area (Å²) in [6.45, 7) is 2.61. The minimum Gasteiger partial charge on any atom is -0.354 e. The average molecular weight is 334 g/mol. The second kappa shape index (κ2) is 7.70. The Morgan fingerprint density at radius 2 is 2.25 bits per heavy atom. The van der Waals surface area contributed by atoms with Crippen molar-refractivity contribution >= 4 is 11.8 Å². The molecule has 24 heavy (non-hydrogen) atoms. The lowest BCUT2D eigenvalue weighted by Crippen LogP contribution is -2.46. The second-order valence-corrected chi connectivity index (χ2v) is 6.51. The first-order valence-electron chi connectivity index (χ1n) is 8.55. The zero-order chi connectivity index (χ0) is 16.9. The third-order valence-corrected chi connectivity index (χ3v) is 4.75. The number of hydrogen-bond acceptors (Lipinski definition) is 4. The van der Waals surface area contributed by atoms with Gasteiger partial charge in [-0.15, -0.1) is 0 Å². The molecule has 7 heteroatoms. The Bertz CT molecular complexity index is 604. The number of nitrogens with one attached hydrogen (secondary N) is 2.